The van der Waals surface area contributed by atoms with E-state index in [0.717, 1.165) is 12.8 Å². The molecule has 1 atom stereocenters. The zero-order valence-corrected chi connectivity index (χ0v) is 7.92. The highest BCUT2D eigenvalue weighted by Crippen LogP contribution is 2.39. The lowest BCUT2D eigenvalue weighted by Crippen LogP contribution is -2.45. The summed E-state index contributed by atoms with van der Waals surface area (Å²) >= 11 is 0. The van der Waals surface area contributed by atoms with E-state index in [9.17, 15) is 5.11 Å². The van der Waals surface area contributed by atoms with Crippen molar-refractivity contribution in [1.82, 2.24) is 0 Å². The minimum absolute atomic E-state index is 0.168. The van der Waals surface area contributed by atoms with Gasteiger partial charge in [-0.2, -0.15) is 0 Å². The summed E-state index contributed by atoms with van der Waals surface area (Å²) in [5.74, 6) is 0.376. The standard InChI is InChI=1S/C9H19NO2/c1-7(2)12-6-9(11,5-10)8-3-4-8/h7-8,11H,3-6,10H2,1-2H3. The fourth-order valence-electron chi connectivity index (χ4n) is 1.28. The molecular weight excluding hydrogens is 154 g/mol. The largest absolute Gasteiger partial charge is 0.386 e. The zero-order chi connectivity index (χ0) is 9.19. The lowest BCUT2D eigenvalue weighted by molar-refractivity contribution is -0.0718. The highest BCUT2D eigenvalue weighted by Gasteiger charge is 2.43. The Hall–Kier alpha value is -0.120. The van der Waals surface area contributed by atoms with Crippen LogP contribution in [0.15, 0.2) is 0 Å². The first-order valence-electron chi connectivity index (χ1n) is 4.62. The van der Waals surface area contributed by atoms with Crippen LogP contribution in [0.3, 0.4) is 0 Å². The van der Waals surface area contributed by atoms with Crippen molar-refractivity contribution in [2.75, 3.05) is 13.2 Å². The van der Waals surface area contributed by atoms with Gasteiger partial charge in [0.1, 0.15) is 5.60 Å². The predicted molar refractivity (Wildman–Crippen MR) is 47.8 cm³/mol. The third-order valence-electron chi connectivity index (χ3n) is 2.36. The molecule has 0 saturated heterocycles. The molecule has 72 valence electrons. The summed E-state index contributed by atoms with van der Waals surface area (Å²) in [7, 11) is 0. The molecule has 3 nitrogen and oxygen atoms in total. The van der Waals surface area contributed by atoms with Crippen molar-refractivity contribution in [1.29, 1.82) is 0 Å². The van der Waals surface area contributed by atoms with E-state index in [2.05, 4.69) is 0 Å². The molecule has 0 radical (unpaired) electrons. The molecule has 0 heterocycles. The Morgan fingerprint density at radius 2 is 2.17 bits per heavy atom. The Morgan fingerprint density at radius 1 is 1.58 bits per heavy atom. The second-order valence-corrected chi connectivity index (χ2v) is 3.94. The van der Waals surface area contributed by atoms with Gasteiger partial charge in [0.2, 0.25) is 0 Å². The summed E-state index contributed by atoms with van der Waals surface area (Å²) in [6.45, 7) is 4.61. The molecule has 1 saturated carbocycles. The number of hydrogen-bond donors (Lipinski definition) is 2. The Kier molecular flexibility index (Phi) is 3.09. The van der Waals surface area contributed by atoms with Gasteiger partial charge in [0.05, 0.1) is 12.7 Å². The maximum Gasteiger partial charge on any atom is 0.103 e. The molecular formula is C9H19NO2. The van der Waals surface area contributed by atoms with Crippen LogP contribution in [-0.2, 0) is 4.74 Å². The normalized spacial score (nSPS) is 22.8. The SMILES string of the molecule is CC(C)OCC(O)(CN)C1CC1. The predicted octanol–water partition coefficient (Wildman–Crippen LogP) is 0.511. The van der Waals surface area contributed by atoms with Crippen molar-refractivity contribution in [3.63, 3.8) is 0 Å². The topological polar surface area (TPSA) is 55.5 Å². The Bertz CT molecular complexity index is 145. The third kappa shape index (κ3) is 2.44. The van der Waals surface area contributed by atoms with Crippen LogP contribution in [0, 0.1) is 5.92 Å². The first-order valence-corrected chi connectivity index (χ1v) is 4.62. The zero-order valence-electron chi connectivity index (χ0n) is 7.92. The van der Waals surface area contributed by atoms with Gasteiger partial charge in [-0.1, -0.05) is 0 Å². The molecule has 1 aliphatic rings. The number of aliphatic hydroxyl groups is 1. The van der Waals surface area contributed by atoms with Gasteiger partial charge in [-0.15, -0.1) is 0 Å². The molecule has 0 aliphatic heterocycles. The molecule has 1 rings (SSSR count). The maximum atomic E-state index is 9.96. The molecule has 3 N–H and O–H groups in total. The third-order valence-corrected chi connectivity index (χ3v) is 2.36. The van der Waals surface area contributed by atoms with E-state index in [4.69, 9.17) is 10.5 Å². The van der Waals surface area contributed by atoms with Crippen molar-refractivity contribution in [3.8, 4) is 0 Å². The van der Waals surface area contributed by atoms with Crippen LogP contribution in [0.2, 0.25) is 0 Å². The van der Waals surface area contributed by atoms with E-state index >= 15 is 0 Å². The van der Waals surface area contributed by atoms with E-state index in [0.29, 0.717) is 19.1 Å². The lowest BCUT2D eigenvalue weighted by atomic mass is 9.99. The average molecular weight is 173 g/mol. The van der Waals surface area contributed by atoms with Gasteiger partial charge < -0.3 is 15.6 Å². The first-order chi connectivity index (χ1) is 5.58. The highest BCUT2D eigenvalue weighted by molar-refractivity contribution is 4.95. The van der Waals surface area contributed by atoms with Crippen molar-refractivity contribution in [2.24, 2.45) is 11.7 Å². The van der Waals surface area contributed by atoms with E-state index in [1.54, 1.807) is 0 Å². The van der Waals surface area contributed by atoms with E-state index in [1.807, 2.05) is 13.8 Å². The van der Waals surface area contributed by atoms with E-state index in [-0.39, 0.29) is 6.10 Å². The van der Waals surface area contributed by atoms with Crippen LogP contribution in [-0.4, -0.2) is 30.0 Å². The van der Waals surface area contributed by atoms with E-state index < -0.39 is 5.60 Å². The van der Waals surface area contributed by atoms with Crippen molar-refractivity contribution in [3.05, 3.63) is 0 Å². The van der Waals surface area contributed by atoms with Crippen LogP contribution in [0.1, 0.15) is 26.7 Å². The molecule has 1 fully saturated rings. The average Bonchev–Trinajstić information content (AvgIpc) is 2.82. The summed E-state index contributed by atoms with van der Waals surface area (Å²) in [6.07, 6.45) is 2.35. The highest BCUT2D eigenvalue weighted by atomic mass is 16.5. The summed E-state index contributed by atoms with van der Waals surface area (Å²) in [5.41, 5.74) is 4.74. The fourth-order valence-corrected chi connectivity index (χ4v) is 1.28. The molecule has 0 aromatic carbocycles. The van der Waals surface area contributed by atoms with Gasteiger partial charge in [0.25, 0.3) is 0 Å². The molecule has 0 bridgehead atoms. The van der Waals surface area contributed by atoms with Crippen LogP contribution in [0.4, 0.5) is 0 Å². The minimum atomic E-state index is -0.760. The first kappa shape index (κ1) is 9.96. The van der Waals surface area contributed by atoms with Crippen LogP contribution >= 0.6 is 0 Å². The molecule has 1 aliphatic carbocycles. The van der Waals surface area contributed by atoms with Gasteiger partial charge in [0, 0.05) is 6.54 Å². The number of hydrogen-bond acceptors (Lipinski definition) is 3. The van der Waals surface area contributed by atoms with Crippen LogP contribution in [0.25, 0.3) is 0 Å². The maximum absolute atomic E-state index is 9.96. The second kappa shape index (κ2) is 3.73. The minimum Gasteiger partial charge on any atom is -0.386 e. The van der Waals surface area contributed by atoms with Gasteiger partial charge in [0.15, 0.2) is 0 Å². The molecule has 0 amide bonds. The summed E-state index contributed by atoms with van der Waals surface area (Å²) in [6, 6.07) is 0. The summed E-state index contributed by atoms with van der Waals surface area (Å²) < 4.78 is 5.37. The monoisotopic (exact) mass is 173 g/mol. The molecule has 0 aromatic heterocycles. The van der Waals surface area contributed by atoms with E-state index in [1.165, 1.54) is 0 Å². The van der Waals surface area contributed by atoms with Crippen LogP contribution < -0.4 is 5.73 Å². The molecule has 0 spiro atoms. The number of nitrogens with two attached hydrogens (primary N) is 1. The van der Waals surface area contributed by atoms with Crippen molar-refractivity contribution in [2.45, 2.75) is 38.4 Å². The van der Waals surface area contributed by atoms with Crippen molar-refractivity contribution < 1.29 is 9.84 Å². The Morgan fingerprint density at radius 3 is 2.50 bits per heavy atom. The van der Waals surface area contributed by atoms with Gasteiger partial charge in [-0.3, -0.25) is 0 Å². The van der Waals surface area contributed by atoms with Crippen LogP contribution in [0.5, 0.6) is 0 Å². The summed E-state index contributed by atoms with van der Waals surface area (Å²) in [4.78, 5) is 0. The van der Waals surface area contributed by atoms with Gasteiger partial charge in [-0.05, 0) is 32.6 Å². The Balaban J connectivity index is 2.33. The second-order valence-electron chi connectivity index (χ2n) is 3.94. The lowest BCUT2D eigenvalue weighted by Gasteiger charge is -2.27. The molecule has 1 unspecified atom stereocenters. The van der Waals surface area contributed by atoms with Gasteiger partial charge >= 0.3 is 0 Å². The number of ether oxygens (including phenoxy) is 1. The van der Waals surface area contributed by atoms with Gasteiger partial charge in [-0.25, -0.2) is 0 Å². The molecule has 3 heteroatoms. The fraction of sp³-hybridized carbons (Fsp3) is 1.00. The smallest absolute Gasteiger partial charge is 0.103 e. The van der Waals surface area contributed by atoms with Crippen molar-refractivity contribution >= 4 is 0 Å². The quantitative estimate of drug-likeness (QED) is 0.637. The Labute approximate surface area is 73.9 Å². The number of rotatable bonds is 5. The summed E-state index contributed by atoms with van der Waals surface area (Å²) in [5, 5.41) is 9.96. The molecule has 12 heavy (non-hydrogen) atoms. The molecule has 0 aromatic rings.